The Kier molecular flexibility index (Phi) is 2.30. The Labute approximate surface area is 105 Å². The number of nitrogens with zero attached hydrogens (tertiary/aromatic N) is 3. The first-order valence-electron chi connectivity index (χ1n) is 5.80. The maximum Gasteiger partial charge on any atom is 0.135 e. The summed E-state index contributed by atoms with van der Waals surface area (Å²) >= 11 is 0. The van der Waals surface area contributed by atoms with Gasteiger partial charge in [0.15, 0.2) is 0 Å². The predicted octanol–water partition coefficient (Wildman–Crippen LogP) is 2.53. The molecule has 0 amide bonds. The van der Waals surface area contributed by atoms with Crippen molar-refractivity contribution in [2.24, 2.45) is 7.05 Å². The lowest BCUT2D eigenvalue weighted by molar-refractivity contribution is 0.969. The van der Waals surface area contributed by atoms with E-state index in [4.69, 9.17) is 5.73 Å². The number of anilines is 1. The second-order valence-electron chi connectivity index (χ2n) is 4.39. The van der Waals surface area contributed by atoms with Crippen LogP contribution in [0.2, 0.25) is 0 Å². The number of benzene rings is 1. The van der Waals surface area contributed by atoms with Crippen molar-refractivity contribution in [3.05, 3.63) is 42.5 Å². The van der Waals surface area contributed by atoms with E-state index in [1.54, 1.807) is 0 Å². The molecule has 4 heteroatoms. The van der Waals surface area contributed by atoms with Crippen LogP contribution in [0.3, 0.4) is 0 Å². The second kappa shape index (κ2) is 3.84. The van der Waals surface area contributed by atoms with Crippen LogP contribution in [-0.4, -0.2) is 14.5 Å². The number of nitrogen functional groups attached to an aromatic ring is 1. The van der Waals surface area contributed by atoms with E-state index in [9.17, 15) is 0 Å². The zero-order valence-corrected chi connectivity index (χ0v) is 10.4. The molecule has 90 valence electrons. The van der Waals surface area contributed by atoms with Crippen molar-refractivity contribution in [1.82, 2.24) is 14.5 Å². The normalized spacial score (nSPS) is 11.0. The smallest absolute Gasteiger partial charge is 0.135 e. The van der Waals surface area contributed by atoms with Crippen LogP contribution in [0.5, 0.6) is 0 Å². The summed E-state index contributed by atoms with van der Waals surface area (Å²) in [6.07, 6.45) is 3.58. The standard InChI is InChI=1S/C14H14N4/c1-9-13(14(15)17-8-16-9)11-7-18(2)12-6-4-3-5-10(11)12/h3-8H,1-2H3,(H2,15,16,17). The van der Waals surface area contributed by atoms with E-state index in [1.807, 2.05) is 26.1 Å². The molecule has 0 radical (unpaired) electrons. The molecule has 1 aromatic carbocycles. The molecule has 0 saturated heterocycles. The summed E-state index contributed by atoms with van der Waals surface area (Å²) in [5.74, 6) is 0.527. The van der Waals surface area contributed by atoms with Crippen molar-refractivity contribution >= 4 is 16.7 Å². The summed E-state index contributed by atoms with van der Waals surface area (Å²) in [5.41, 5.74) is 10.1. The summed E-state index contributed by atoms with van der Waals surface area (Å²) < 4.78 is 2.09. The highest BCUT2D eigenvalue weighted by atomic mass is 14.9. The van der Waals surface area contributed by atoms with Gasteiger partial charge in [0.1, 0.15) is 12.1 Å². The van der Waals surface area contributed by atoms with Gasteiger partial charge in [-0.1, -0.05) is 18.2 Å². The lowest BCUT2D eigenvalue weighted by atomic mass is 10.0. The number of hydrogen-bond donors (Lipinski definition) is 1. The number of fused-ring (bicyclic) bond motifs is 1. The first-order valence-corrected chi connectivity index (χ1v) is 5.80. The van der Waals surface area contributed by atoms with Gasteiger partial charge in [-0.25, -0.2) is 9.97 Å². The molecule has 0 atom stereocenters. The van der Waals surface area contributed by atoms with Crippen LogP contribution < -0.4 is 5.73 Å². The van der Waals surface area contributed by atoms with Crippen molar-refractivity contribution in [3.63, 3.8) is 0 Å². The molecule has 0 aliphatic heterocycles. The molecule has 18 heavy (non-hydrogen) atoms. The molecule has 0 aliphatic carbocycles. The first-order chi connectivity index (χ1) is 8.68. The number of nitrogens with two attached hydrogens (primary N) is 1. The SMILES string of the molecule is Cc1ncnc(N)c1-c1cn(C)c2ccccc12. The highest BCUT2D eigenvalue weighted by molar-refractivity contribution is 5.98. The van der Waals surface area contributed by atoms with Gasteiger partial charge in [0.2, 0.25) is 0 Å². The van der Waals surface area contributed by atoms with Crippen molar-refractivity contribution in [2.75, 3.05) is 5.73 Å². The van der Waals surface area contributed by atoms with Crippen LogP contribution in [0.4, 0.5) is 5.82 Å². The minimum atomic E-state index is 0.527. The molecule has 0 fully saturated rings. The van der Waals surface area contributed by atoms with E-state index in [0.29, 0.717) is 5.82 Å². The minimum Gasteiger partial charge on any atom is -0.383 e. The van der Waals surface area contributed by atoms with Crippen LogP contribution in [-0.2, 0) is 7.05 Å². The van der Waals surface area contributed by atoms with E-state index in [1.165, 1.54) is 17.2 Å². The van der Waals surface area contributed by atoms with Crippen LogP contribution in [0, 0.1) is 6.92 Å². The minimum absolute atomic E-state index is 0.527. The molecule has 2 heterocycles. The zero-order chi connectivity index (χ0) is 12.7. The fourth-order valence-electron chi connectivity index (χ4n) is 2.37. The zero-order valence-electron chi connectivity index (χ0n) is 10.4. The monoisotopic (exact) mass is 238 g/mol. The molecular weight excluding hydrogens is 224 g/mol. The van der Waals surface area contributed by atoms with E-state index < -0.39 is 0 Å². The van der Waals surface area contributed by atoms with Gasteiger partial charge in [-0.3, -0.25) is 0 Å². The van der Waals surface area contributed by atoms with Gasteiger partial charge < -0.3 is 10.3 Å². The summed E-state index contributed by atoms with van der Waals surface area (Å²) in [5, 5.41) is 1.17. The van der Waals surface area contributed by atoms with Crippen LogP contribution in [0.1, 0.15) is 5.69 Å². The average Bonchev–Trinajstić information content (AvgIpc) is 2.68. The van der Waals surface area contributed by atoms with Crippen molar-refractivity contribution in [1.29, 1.82) is 0 Å². The topological polar surface area (TPSA) is 56.7 Å². The molecular formula is C14H14N4. The summed E-state index contributed by atoms with van der Waals surface area (Å²) in [6, 6.07) is 8.25. The maximum atomic E-state index is 5.99. The Morgan fingerprint density at radius 3 is 2.72 bits per heavy atom. The molecule has 0 spiro atoms. The van der Waals surface area contributed by atoms with Gasteiger partial charge in [0.25, 0.3) is 0 Å². The van der Waals surface area contributed by atoms with E-state index >= 15 is 0 Å². The van der Waals surface area contributed by atoms with Crippen molar-refractivity contribution < 1.29 is 0 Å². The molecule has 2 aromatic heterocycles. The largest absolute Gasteiger partial charge is 0.383 e. The Hall–Kier alpha value is -2.36. The van der Waals surface area contributed by atoms with Crippen LogP contribution >= 0.6 is 0 Å². The van der Waals surface area contributed by atoms with E-state index in [2.05, 4.69) is 32.9 Å². The lowest BCUT2D eigenvalue weighted by Crippen LogP contribution is -1.98. The number of para-hydroxylation sites is 1. The lowest BCUT2D eigenvalue weighted by Gasteiger charge is -2.06. The van der Waals surface area contributed by atoms with Gasteiger partial charge in [-0.15, -0.1) is 0 Å². The van der Waals surface area contributed by atoms with Gasteiger partial charge >= 0.3 is 0 Å². The van der Waals surface area contributed by atoms with E-state index in [-0.39, 0.29) is 0 Å². The number of aromatic nitrogens is 3. The van der Waals surface area contributed by atoms with Crippen molar-refractivity contribution in [3.8, 4) is 11.1 Å². The number of hydrogen-bond acceptors (Lipinski definition) is 3. The molecule has 4 nitrogen and oxygen atoms in total. The molecule has 0 aliphatic rings. The van der Waals surface area contributed by atoms with E-state index in [0.717, 1.165) is 16.8 Å². The fraction of sp³-hybridized carbons (Fsp3) is 0.143. The Balaban J connectivity index is 2.39. The number of rotatable bonds is 1. The molecule has 3 aromatic rings. The van der Waals surface area contributed by atoms with Gasteiger partial charge in [0, 0.05) is 35.3 Å². The highest BCUT2D eigenvalue weighted by Crippen LogP contribution is 2.33. The first kappa shape index (κ1) is 10.8. The summed E-state index contributed by atoms with van der Waals surface area (Å²) in [4.78, 5) is 8.32. The Morgan fingerprint density at radius 1 is 1.17 bits per heavy atom. The second-order valence-corrected chi connectivity index (χ2v) is 4.39. The highest BCUT2D eigenvalue weighted by Gasteiger charge is 2.14. The third-order valence-electron chi connectivity index (χ3n) is 3.23. The van der Waals surface area contributed by atoms with Gasteiger partial charge in [-0.05, 0) is 13.0 Å². The average molecular weight is 238 g/mol. The molecule has 0 bridgehead atoms. The maximum absolute atomic E-state index is 5.99. The molecule has 0 saturated carbocycles. The van der Waals surface area contributed by atoms with Crippen molar-refractivity contribution in [2.45, 2.75) is 6.92 Å². The quantitative estimate of drug-likeness (QED) is 0.708. The third kappa shape index (κ3) is 1.46. The molecule has 3 rings (SSSR count). The Morgan fingerprint density at radius 2 is 1.94 bits per heavy atom. The summed E-state index contributed by atoms with van der Waals surface area (Å²) in [6.45, 7) is 1.95. The van der Waals surface area contributed by atoms with Gasteiger partial charge in [0.05, 0.1) is 5.69 Å². The predicted molar refractivity (Wildman–Crippen MR) is 73.1 cm³/mol. The molecule has 0 unspecified atom stereocenters. The van der Waals surface area contributed by atoms with Crippen LogP contribution in [0.25, 0.3) is 22.0 Å². The Bertz CT molecular complexity index is 707. The third-order valence-corrected chi connectivity index (χ3v) is 3.23. The number of aryl methyl sites for hydroxylation is 2. The van der Waals surface area contributed by atoms with Crippen LogP contribution in [0.15, 0.2) is 36.8 Å². The molecule has 2 N–H and O–H groups in total. The summed E-state index contributed by atoms with van der Waals surface area (Å²) in [7, 11) is 2.03. The fourth-order valence-corrected chi connectivity index (χ4v) is 2.37. The van der Waals surface area contributed by atoms with Gasteiger partial charge in [-0.2, -0.15) is 0 Å².